The molecule has 0 aliphatic carbocycles. The van der Waals surface area contributed by atoms with Crippen molar-refractivity contribution in [3.8, 4) is 0 Å². The molecule has 0 atom stereocenters. The maximum atomic E-state index is 12.6. The molecule has 0 saturated carbocycles. The van der Waals surface area contributed by atoms with Crippen molar-refractivity contribution >= 4 is 134 Å². The van der Waals surface area contributed by atoms with E-state index in [0.29, 0.717) is 50.8 Å². The molecule has 0 aromatic carbocycles. The first-order chi connectivity index (χ1) is 54.7. The van der Waals surface area contributed by atoms with E-state index in [-0.39, 0.29) is 125 Å². The number of hydrogen-bond donors (Lipinski definition) is 12. The van der Waals surface area contributed by atoms with E-state index in [0.717, 1.165) is 41.7 Å². The minimum absolute atomic E-state index is 0.00375. The first-order valence-electron chi connectivity index (χ1n) is 36.2. The van der Waals surface area contributed by atoms with Gasteiger partial charge in [0.15, 0.2) is 0 Å². The van der Waals surface area contributed by atoms with Gasteiger partial charge in [0, 0.05) is 86.0 Å². The quantitative estimate of drug-likeness (QED) is 0.0200. The second kappa shape index (κ2) is 49.5. The molecule has 0 aliphatic heterocycles. The first-order valence-corrected chi connectivity index (χ1v) is 38.6. The summed E-state index contributed by atoms with van der Waals surface area (Å²) in [5.41, 5.74) is 18.3. The zero-order valence-electron chi connectivity index (χ0n) is 73.1. The Hall–Kier alpha value is -9.89. The molecule has 0 bridgehead atoms. The number of rotatable bonds is 27. The number of aliphatic carboxylic acids is 2. The first kappa shape index (κ1) is 110. The minimum Gasteiger partial charge on any atom is -0.481 e. The van der Waals surface area contributed by atoms with Crippen LogP contribution in [0.1, 0.15) is 151 Å². The van der Waals surface area contributed by atoms with E-state index >= 15 is 0 Å². The molecule has 0 fully saturated rings. The predicted molar refractivity (Wildman–Crippen MR) is 479 cm³/mol. The molecule has 0 unspecified atom stereocenters. The number of nitrogens with two attached hydrogens (primary N) is 2. The Morgan fingerprint density at radius 3 is 0.754 bits per heavy atom. The van der Waals surface area contributed by atoms with Gasteiger partial charge in [-0.15, -0.1) is 6.58 Å². The normalized spacial score (nSPS) is 10.7. The van der Waals surface area contributed by atoms with E-state index in [2.05, 4.69) is 72.4 Å². The molecule has 14 N–H and O–H groups in total. The van der Waals surface area contributed by atoms with Gasteiger partial charge in [0.25, 0.3) is 0 Å². The number of nitrogens with one attached hydrogen (secondary N) is 8. The molecule has 34 nitrogen and oxygen atoms in total. The molecule has 0 saturated heterocycles. The minimum atomic E-state index is -1.34. The van der Waals surface area contributed by atoms with E-state index < -0.39 is 44.4 Å². The summed E-state index contributed by atoms with van der Waals surface area (Å²) in [7, 11) is 33.1. The molecule has 0 aliphatic rings. The summed E-state index contributed by atoms with van der Waals surface area (Å²) >= 11 is 0.369. The molecule has 43 heteroatoms. The van der Waals surface area contributed by atoms with Crippen LogP contribution in [-0.4, -0.2) is 164 Å². The summed E-state index contributed by atoms with van der Waals surface area (Å²) in [6, 6.07) is 0. The molecule has 118 heavy (non-hydrogen) atoms. The van der Waals surface area contributed by atoms with E-state index in [1.165, 1.54) is 55.0 Å². The Morgan fingerprint density at radius 1 is 0.390 bits per heavy atom. The molecule has 6 radical (unpaired) electrons. The van der Waals surface area contributed by atoms with Crippen molar-refractivity contribution in [1.82, 2.24) is 38.0 Å². The van der Waals surface area contributed by atoms with E-state index in [1.54, 1.807) is 133 Å². The van der Waals surface area contributed by atoms with Gasteiger partial charge in [-0.2, -0.15) is 0 Å². The number of anilines is 6. The van der Waals surface area contributed by atoms with Crippen LogP contribution < -0.4 is 87.1 Å². The molecule has 6 rings (SSSR count). The maximum Gasteiger partial charge on any atom is 0.313 e. The van der Waals surface area contributed by atoms with Crippen LogP contribution in [0.3, 0.4) is 0 Å². The van der Waals surface area contributed by atoms with E-state index in [1.807, 2.05) is 83.3 Å². The van der Waals surface area contributed by atoms with Crippen molar-refractivity contribution in [3.05, 3.63) is 191 Å². The van der Waals surface area contributed by atoms with E-state index in [4.69, 9.17) is 33.0 Å². The Balaban J connectivity index is 0. The monoisotopic (exact) mass is 1690 g/mol. The number of carbonyl (C=O) groups is 4. The van der Waals surface area contributed by atoms with Gasteiger partial charge in [-0.05, 0) is 81.9 Å². The molecule has 6 aromatic heterocycles. The van der Waals surface area contributed by atoms with E-state index in [9.17, 15) is 70.8 Å². The fraction of sp³-hybridized carbons (Fsp3) is 0.493. The number of carbonyl (C=O) groups excluding carboxylic acids is 2. The number of amides is 2. The third kappa shape index (κ3) is 28.1. The molecular weight excluding hydrogens is 1570 g/mol. The number of carboxylic acids is 2. The number of carboxylic acid groups (broad SMARTS) is 2. The average Bonchev–Trinajstić information content (AvgIpc) is 0.786. The van der Waals surface area contributed by atoms with Crippen LogP contribution in [0.15, 0.2) is 91.3 Å². The number of hydrogen-bond acceptors (Lipinski definition) is 24. The Bertz CT molecular complexity index is 5120. The van der Waals surface area contributed by atoms with Gasteiger partial charge in [0.2, 0.25) is 22.2 Å². The summed E-state index contributed by atoms with van der Waals surface area (Å²) < 4.78 is 55.5. The largest absolute Gasteiger partial charge is 0.481 e. The number of pyridine rings is 6. The van der Waals surface area contributed by atoms with Gasteiger partial charge in [0.05, 0.1) is 51.4 Å². The Kier molecular flexibility index (Phi) is 46.2. The van der Waals surface area contributed by atoms with Crippen molar-refractivity contribution < 1.29 is 56.3 Å². The molecule has 640 valence electrons. The fourth-order valence-corrected chi connectivity index (χ4v) is 12.2. The topological polar surface area (TPSA) is 468 Å². The van der Waals surface area contributed by atoms with Crippen LogP contribution in [0.4, 0.5) is 34.1 Å². The molecule has 6 heterocycles. The zero-order valence-corrected chi connectivity index (χ0v) is 75.6. The van der Waals surface area contributed by atoms with Crippen molar-refractivity contribution in [2.24, 2.45) is 53.8 Å². The van der Waals surface area contributed by atoms with Crippen LogP contribution in [0, 0.1) is 41.5 Å². The second-order valence-electron chi connectivity index (χ2n) is 29.2. The Labute approximate surface area is 706 Å². The number of aryl methyl sites for hydroxylation is 6. The van der Waals surface area contributed by atoms with Crippen LogP contribution in [-0.2, 0) is 141 Å². The summed E-state index contributed by atoms with van der Waals surface area (Å²) in [5, 5.41) is 32.2. The van der Waals surface area contributed by atoms with Crippen molar-refractivity contribution in [3.63, 3.8) is 0 Å². The van der Waals surface area contributed by atoms with Crippen molar-refractivity contribution in [2.45, 2.75) is 157 Å². The third-order valence-corrected chi connectivity index (χ3v) is 19.8. The second-order valence-corrected chi connectivity index (χ2v) is 30.3. The molecule has 2 amide bonds. The van der Waals surface area contributed by atoms with Gasteiger partial charge in [-0.25, -0.2) is 0 Å². The van der Waals surface area contributed by atoms with Crippen molar-refractivity contribution in [2.75, 3.05) is 79.9 Å². The number of likely N-dealkylation sites (N-methyl/N-ethyl adjacent to an activating group) is 2. The molecule has 0 spiro atoms. The van der Waals surface area contributed by atoms with Crippen LogP contribution in [0.25, 0.3) is 0 Å². The SMILES string of the molecule is C=CC(C)(C)c1c(C)n(C)cc(NOB=S=O)c1=O.CN.CN.CNC(=O)C(C)(C)c1c(C)n(C)cc(NOB=S=O)c1=O.Cc1c(C(C)(C)C(=O)O)c(=O)c(NOB=S=O)cn1C.[B]CNc1cn(C)c(C)c(C(C)(C)C(=O)NC)c1=O.[B]CNc1cn(C)c(C)c(C(C)(C)C(=O)O)c1=O.[B]CNc1cn(C)c(C)c(C(C)(C)C=C)c1=O. The zero-order chi connectivity index (χ0) is 92.4. The average molecular weight is 1690 g/mol. The van der Waals surface area contributed by atoms with Gasteiger partial charge in [-0.3, -0.25) is 24.0 Å². The smallest absolute Gasteiger partial charge is 0.313 e. The number of allylic oxidation sites excluding steroid dienone is 2. The predicted octanol–water partition coefficient (Wildman–Crippen LogP) is 2.90. The van der Waals surface area contributed by atoms with Gasteiger partial charge in [-0.1, -0.05) is 19.9 Å². The van der Waals surface area contributed by atoms with Crippen molar-refractivity contribution in [1.29, 1.82) is 0 Å². The maximum absolute atomic E-state index is 12.6. The van der Waals surface area contributed by atoms with Crippen LogP contribution in [0.5, 0.6) is 0 Å². The third-order valence-electron chi connectivity index (χ3n) is 19.2. The molecular formula is C75H116B6N16O18S3. The fourth-order valence-electron chi connectivity index (χ4n) is 11.9. The standard InChI is InChI=1S/C13H20BN3O2.C13H19BN2O.C12H18BN3O4S.C12H17BN2O3S.C12H17BN2O3.C11H15BN2O5S.2CH5N/c1-8-10(13(2,3)12(19)15-4)11(18)9(16-7-14)6-17(8)5;1-6-13(3,4)11-9(2)16(5)7-10(12(11)17)15-8-14;1-7-9(12(2,3)11(18)14-4)10(17)8(6-16(7)5)15-20-13-21-19;1-6-12(3,4)10-8(2)15(5)7-9(11(10)16)14-18-13-19-17;1-7-9(12(2,3)11(17)18)10(16)8(14-6-13)5-15(7)4;1-6-8(11(2,3)10(16)17)9(15)7(5-14(6)4)13-19-12-20-18;2*1-2/h6,16H,7H2,1-5H3,(H,15,19);6-7,15H,1,8H2,2-5H3;6,15H,1-5H3,(H,14,18);6-7,14H,1H2,2-5H3;5,14H,6H2,1-4H3,(H,17,18);5,13H,1-4H3,(H,16,17);2*2H2,1H3. The summed E-state index contributed by atoms with van der Waals surface area (Å²) in [6.45, 7) is 39.0. The molecule has 6 aromatic rings. The summed E-state index contributed by atoms with van der Waals surface area (Å²) in [4.78, 5) is 121. The van der Waals surface area contributed by atoms with Crippen LogP contribution in [0.2, 0.25) is 0 Å². The van der Waals surface area contributed by atoms with Gasteiger partial charge in [0.1, 0.15) is 0 Å². The summed E-state index contributed by atoms with van der Waals surface area (Å²) in [5.74, 6) is -2.59. The number of aromatic nitrogens is 6. The van der Waals surface area contributed by atoms with Gasteiger partial charge < -0.3 is 51.5 Å². The van der Waals surface area contributed by atoms with Crippen LogP contribution >= 0.6 is 0 Å². The summed E-state index contributed by atoms with van der Waals surface area (Å²) in [6.07, 6.45) is 16.5. The Morgan fingerprint density at radius 2 is 0.568 bits per heavy atom. The number of nitrogens with zero attached hydrogens (tertiary/aromatic N) is 6. The van der Waals surface area contributed by atoms with Gasteiger partial charge >= 0.3 is 367 Å².